The van der Waals surface area contributed by atoms with Gasteiger partial charge in [-0.05, 0) is 29.8 Å². The number of nitrogens with zero attached hydrogens (tertiary/aromatic N) is 4. The van der Waals surface area contributed by atoms with Gasteiger partial charge in [0.15, 0.2) is 0 Å². The van der Waals surface area contributed by atoms with Gasteiger partial charge in [-0.25, -0.2) is 4.98 Å². The molecule has 1 aliphatic rings. The number of hydrogen-bond donors (Lipinski definition) is 0. The normalized spacial score (nSPS) is 15.0. The molecule has 1 aromatic heterocycles. The molecule has 1 saturated heterocycles. The van der Waals surface area contributed by atoms with E-state index < -0.39 is 6.36 Å². The highest BCUT2D eigenvalue weighted by Crippen LogP contribution is 2.29. The van der Waals surface area contributed by atoms with Gasteiger partial charge in [0.05, 0.1) is 6.20 Å². The third-order valence-corrected chi connectivity index (χ3v) is 4.83. The van der Waals surface area contributed by atoms with Crippen molar-refractivity contribution in [3.8, 4) is 17.2 Å². The molecule has 1 fully saturated rings. The molecule has 0 unspecified atom stereocenters. The van der Waals surface area contributed by atoms with Gasteiger partial charge >= 0.3 is 6.36 Å². The molecule has 0 amide bonds. The Kier molecular flexibility index (Phi) is 6.22. The molecular weight excluding hydrogens is 409 g/mol. The summed E-state index contributed by atoms with van der Waals surface area (Å²) in [5.74, 6) is 1.40. The number of halogens is 3. The molecule has 6 nitrogen and oxygen atoms in total. The fourth-order valence-electron chi connectivity index (χ4n) is 3.43. The number of ether oxygens (including phenoxy) is 2. The Labute approximate surface area is 177 Å². The maximum Gasteiger partial charge on any atom is 0.573 e. The lowest BCUT2D eigenvalue weighted by Crippen LogP contribution is -2.46. The van der Waals surface area contributed by atoms with E-state index in [1.807, 2.05) is 18.2 Å². The summed E-state index contributed by atoms with van der Waals surface area (Å²) in [5.41, 5.74) is 1.06. The molecule has 0 aliphatic carbocycles. The highest BCUT2D eigenvalue weighted by atomic mass is 19.4. The standard InChI is InChI=1S/C22H21F3N4O2/c23-22(24,25)31-20-6-2-5-19(14-20)30-18-4-1-3-17(13-18)16-28-9-11-29(12-10-28)21-15-26-7-8-27-21/h1-8,13-15H,9-12,16H2. The van der Waals surface area contributed by atoms with Crippen molar-refractivity contribution >= 4 is 5.82 Å². The number of rotatable bonds is 6. The van der Waals surface area contributed by atoms with Crippen LogP contribution >= 0.6 is 0 Å². The van der Waals surface area contributed by atoms with Crippen LogP contribution in [0.1, 0.15) is 5.56 Å². The Morgan fingerprint density at radius 1 is 0.871 bits per heavy atom. The minimum atomic E-state index is -4.74. The van der Waals surface area contributed by atoms with Crippen molar-refractivity contribution in [3.05, 3.63) is 72.7 Å². The predicted molar refractivity (Wildman–Crippen MR) is 109 cm³/mol. The fourth-order valence-corrected chi connectivity index (χ4v) is 3.43. The topological polar surface area (TPSA) is 50.7 Å². The second kappa shape index (κ2) is 9.22. The van der Waals surface area contributed by atoms with E-state index in [0.29, 0.717) is 5.75 Å². The van der Waals surface area contributed by atoms with Gasteiger partial charge in [-0.1, -0.05) is 18.2 Å². The van der Waals surface area contributed by atoms with Crippen LogP contribution in [-0.2, 0) is 6.54 Å². The molecule has 0 saturated carbocycles. The van der Waals surface area contributed by atoms with Crippen molar-refractivity contribution in [2.45, 2.75) is 12.9 Å². The molecule has 3 aromatic rings. The van der Waals surface area contributed by atoms with E-state index in [1.54, 1.807) is 30.7 Å². The second-order valence-electron chi connectivity index (χ2n) is 7.10. The molecule has 0 spiro atoms. The number of anilines is 1. The molecule has 9 heteroatoms. The molecule has 2 heterocycles. The van der Waals surface area contributed by atoms with E-state index in [4.69, 9.17) is 4.74 Å². The lowest BCUT2D eigenvalue weighted by atomic mass is 10.2. The van der Waals surface area contributed by atoms with Gasteiger partial charge in [-0.3, -0.25) is 9.88 Å². The Bertz CT molecular complexity index is 993. The van der Waals surface area contributed by atoms with Gasteiger partial charge in [0.25, 0.3) is 0 Å². The highest BCUT2D eigenvalue weighted by molar-refractivity contribution is 5.38. The van der Waals surface area contributed by atoms with E-state index in [9.17, 15) is 13.2 Å². The fraction of sp³-hybridized carbons (Fsp3) is 0.273. The van der Waals surface area contributed by atoms with E-state index in [1.165, 1.54) is 18.2 Å². The Morgan fingerprint density at radius 3 is 2.29 bits per heavy atom. The summed E-state index contributed by atoms with van der Waals surface area (Å²) in [6, 6.07) is 13.0. The summed E-state index contributed by atoms with van der Waals surface area (Å²) in [4.78, 5) is 13.0. The molecule has 4 rings (SSSR count). The lowest BCUT2D eigenvalue weighted by molar-refractivity contribution is -0.274. The number of aromatic nitrogens is 2. The minimum absolute atomic E-state index is 0.275. The van der Waals surface area contributed by atoms with Crippen LogP contribution < -0.4 is 14.4 Å². The van der Waals surface area contributed by atoms with Crippen molar-refractivity contribution in [2.75, 3.05) is 31.1 Å². The van der Waals surface area contributed by atoms with Crippen molar-refractivity contribution in [3.63, 3.8) is 0 Å². The summed E-state index contributed by atoms with van der Waals surface area (Å²) in [6.07, 6.45) is 0.382. The molecule has 0 N–H and O–H groups in total. The molecule has 1 aliphatic heterocycles. The van der Waals surface area contributed by atoms with Gasteiger partial charge in [-0.2, -0.15) is 0 Å². The number of alkyl halides is 3. The summed E-state index contributed by atoms with van der Waals surface area (Å²) in [6.45, 7) is 4.25. The quantitative estimate of drug-likeness (QED) is 0.575. The predicted octanol–water partition coefficient (Wildman–Crippen LogP) is 4.49. The summed E-state index contributed by atoms with van der Waals surface area (Å²) >= 11 is 0. The summed E-state index contributed by atoms with van der Waals surface area (Å²) < 4.78 is 47.0. The monoisotopic (exact) mass is 430 g/mol. The second-order valence-corrected chi connectivity index (χ2v) is 7.10. The van der Waals surface area contributed by atoms with E-state index >= 15 is 0 Å². The van der Waals surface area contributed by atoms with Crippen LogP contribution in [0.25, 0.3) is 0 Å². The van der Waals surface area contributed by atoms with Crippen LogP contribution in [0.15, 0.2) is 67.1 Å². The van der Waals surface area contributed by atoms with E-state index in [0.717, 1.165) is 44.1 Å². The average Bonchev–Trinajstić information content (AvgIpc) is 2.74. The first-order valence-corrected chi connectivity index (χ1v) is 9.80. The van der Waals surface area contributed by atoms with Crippen LogP contribution in [0, 0.1) is 0 Å². The largest absolute Gasteiger partial charge is 0.573 e. The Morgan fingerprint density at radius 2 is 1.58 bits per heavy atom. The van der Waals surface area contributed by atoms with Crippen LogP contribution in [0.4, 0.5) is 19.0 Å². The summed E-state index contributed by atoms with van der Waals surface area (Å²) in [5, 5.41) is 0. The maximum atomic E-state index is 12.4. The van der Waals surface area contributed by atoms with Crippen LogP contribution in [-0.4, -0.2) is 47.4 Å². The molecule has 31 heavy (non-hydrogen) atoms. The molecule has 2 aromatic carbocycles. The van der Waals surface area contributed by atoms with E-state index in [2.05, 4.69) is 24.5 Å². The third kappa shape index (κ3) is 6.08. The zero-order valence-corrected chi connectivity index (χ0v) is 16.6. The number of piperazine rings is 1. The maximum absolute atomic E-state index is 12.4. The number of hydrogen-bond acceptors (Lipinski definition) is 6. The Balaban J connectivity index is 1.34. The van der Waals surface area contributed by atoms with Gasteiger partial charge in [0.2, 0.25) is 0 Å². The molecule has 0 radical (unpaired) electrons. The van der Waals surface area contributed by atoms with Crippen molar-refractivity contribution in [2.24, 2.45) is 0 Å². The Hall–Kier alpha value is -3.33. The first-order valence-electron chi connectivity index (χ1n) is 9.80. The van der Waals surface area contributed by atoms with Crippen LogP contribution in [0.5, 0.6) is 17.2 Å². The zero-order chi connectivity index (χ0) is 21.7. The van der Waals surface area contributed by atoms with Gasteiger partial charge < -0.3 is 14.4 Å². The van der Waals surface area contributed by atoms with Crippen LogP contribution in [0.3, 0.4) is 0 Å². The first-order chi connectivity index (χ1) is 14.9. The molecular formula is C22H21F3N4O2. The SMILES string of the molecule is FC(F)(F)Oc1cccc(Oc2cccc(CN3CCN(c4cnccn4)CC3)c2)c1. The van der Waals surface area contributed by atoms with Gasteiger partial charge in [0, 0.05) is 51.2 Å². The smallest absolute Gasteiger partial charge is 0.457 e. The highest BCUT2D eigenvalue weighted by Gasteiger charge is 2.31. The first kappa shape index (κ1) is 20.9. The molecule has 0 atom stereocenters. The zero-order valence-electron chi connectivity index (χ0n) is 16.6. The van der Waals surface area contributed by atoms with Crippen LogP contribution in [0.2, 0.25) is 0 Å². The van der Waals surface area contributed by atoms with Crippen molar-refractivity contribution in [1.82, 2.24) is 14.9 Å². The van der Waals surface area contributed by atoms with Gasteiger partial charge in [0.1, 0.15) is 23.1 Å². The molecule has 162 valence electrons. The van der Waals surface area contributed by atoms with Gasteiger partial charge in [-0.15, -0.1) is 13.2 Å². The summed E-state index contributed by atoms with van der Waals surface area (Å²) in [7, 11) is 0. The van der Waals surface area contributed by atoms with Crippen molar-refractivity contribution < 1.29 is 22.6 Å². The lowest BCUT2D eigenvalue weighted by Gasteiger charge is -2.35. The van der Waals surface area contributed by atoms with Crippen molar-refractivity contribution in [1.29, 1.82) is 0 Å². The molecule has 0 bridgehead atoms. The minimum Gasteiger partial charge on any atom is -0.457 e. The van der Waals surface area contributed by atoms with E-state index in [-0.39, 0.29) is 11.5 Å². The average molecular weight is 430 g/mol. The number of benzene rings is 2. The third-order valence-electron chi connectivity index (χ3n) is 4.83.